The number of carbonyl (C=O) groups is 1. The lowest BCUT2D eigenvalue weighted by Gasteiger charge is -2.34. The lowest BCUT2D eigenvalue weighted by Crippen LogP contribution is -2.44. The zero-order valence-corrected chi connectivity index (χ0v) is 11.2. The van der Waals surface area contributed by atoms with Gasteiger partial charge in [-0.1, -0.05) is 0 Å². The molecule has 0 saturated heterocycles. The third-order valence-electron chi connectivity index (χ3n) is 3.79. The molecule has 1 heterocycles. The lowest BCUT2D eigenvalue weighted by atomic mass is 9.79. The minimum absolute atomic E-state index is 0.295. The topological polar surface area (TPSA) is 87.4 Å². The van der Waals surface area contributed by atoms with E-state index >= 15 is 0 Å². The van der Waals surface area contributed by atoms with E-state index in [0.29, 0.717) is 38.8 Å². The number of aromatic nitrogens is 2. The van der Waals surface area contributed by atoms with Gasteiger partial charge in [0.1, 0.15) is 0 Å². The zero-order chi connectivity index (χ0) is 13.9. The average Bonchev–Trinajstić information content (AvgIpc) is 2.75. The maximum absolute atomic E-state index is 10.9. The fourth-order valence-corrected chi connectivity index (χ4v) is 2.56. The van der Waals surface area contributed by atoms with E-state index in [1.807, 2.05) is 19.3 Å². The summed E-state index contributed by atoms with van der Waals surface area (Å²) in [5, 5.41) is 26.7. The van der Waals surface area contributed by atoms with Crippen LogP contribution in [0.4, 0.5) is 0 Å². The van der Waals surface area contributed by atoms with Crippen LogP contribution in [0.3, 0.4) is 0 Å². The van der Waals surface area contributed by atoms with Crippen molar-refractivity contribution in [2.75, 3.05) is 6.54 Å². The van der Waals surface area contributed by atoms with Crippen LogP contribution >= 0.6 is 0 Å². The zero-order valence-electron chi connectivity index (χ0n) is 11.2. The number of carboxylic acid groups (broad SMARTS) is 1. The van der Waals surface area contributed by atoms with E-state index in [-0.39, 0.29) is 5.92 Å². The molecule has 19 heavy (non-hydrogen) atoms. The predicted molar refractivity (Wildman–Crippen MR) is 69.5 cm³/mol. The Hall–Kier alpha value is -1.40. The van der Waals surface area contributed by atoms with Crippen LogP contribution < -0.4 is 5.32 Å². The highest BCUT2D eigenvalue weighted by Crippen LogP contribution is 2.31. The van der Waals surface area contributed by atoms with Gasteiger partial charge in [0.05, 0.1) is 17.2 Å². The summed E-state index contributed by atoms with van der Waals surface area (Å²) in [6.07, 6.45) is 4.07. The molecule has 1 aliphatic rings. The fourth-order valence-electron chi connectivity index (χ4n) is 2.56. The van der Waals surface area contributed by atoms with Crippen molar-refractivity contribution >= 4 is 5.97 Å². The van der Waals surface area contributed by atoms with E-state index in [1.54, 1.807) is 4.68 Å². The molecule has 0 aromatic carbocycles. The SMILES string of the molecule is Cn1ccc(CNCC2(O)CCC(C(=O)O)CC2)n1. The second-order valence-electron chi connectivity index (χ2n) is 5.42. The molecule has 2 rings (SSSR count). The molecule has 6 nitrogen and oxygen atoms in total. The summed E-state index contributed by atoms with van der Waals surface area (Å²) in [6.45, 7) is 1.10. The molecular formula is C13H21N3O3. The van der Waals surface area contributed by atoms with E-state index in [2.05, 4.69) is 10.4 Å². The molecule has 1 saturated carbocycles. The van der Waals surface area contributed by atoms with Crippen LogP contribution in [-0.2, 0) is 18.4 Å². The molecule has 0 spiro atoms. The van der Waals surface area contributed by atoms with E-state index < -0.39 is 11.6 Å². The quantitative estimate of drug-likeness (QED) is 0.724. The Balaban J connectivity index is 1.75. The average molecular weight is 267 g/mol. The third kappa shape index (κ3) is 3.78. The van der Waals surface area contributed by atoms with Crippen molar-refractivity contribution in [1.29, 1.82) is 0 Å². The normalized spacial score (nSPS) is 27.4. The fraction of sp³-hybridized carbons (Fsp3) is 0.692. The second kappa shape index (κ2) is 5.71. The van der Waals surface area contributed by atoms with Crippen molar-refractivity contribution < 1.29 is 15.0 Å². The highest BCUT2D eigenvalue weighted by molar-refractivity contribution is 5.70. The second-order valence-corrected chi connectivity index (χ2v) is 5.42. The number of hydrogen-bond acceptors (Lipinski definition) is 4. The van der Waals surface area contributed by atoms with Gasteiger partial charge in [-0.3, -0.25) is 9.48 Å². The van der Waals surface area contributed by atoms with Gasteiger partial charge < -0.3 is 15.5 Å². The summed E-state index contributed by atoms with van der Waals surface area (Å²) in [5.41, 5.74) is 0.158. The Morgan fingerprint density at radius 1 is 1.58 bits per heavy atom. The van der Waals surface area contributed by atoms with Crippen molar-refractivity contribution in [3.05, 3.63) is 18.0 Å². The van der Waals surface area contributed by atoms with Crippen molar-refractivity contribution in [3.63, 3.8) is 0 Å². The summed E-state index contributed by atoms with van der Waals surface area (Å²) in [4.78, 5) is 10.9. The van der Waals surface area contributed by atoms with Gasteiger partial charge in [-0.15, -0.1) is 0 Å². The number of carboxylic acids is 1. The molecule has 0 aliphatic heterocycles. The molecule has 1 aromatic rings. The van der Waals surface area contributed by atoms with E-state index in [4.69, 9.17) is 5.11 Å². The van der Waals surface area contributed by atoms with Crippen LogP contribution in [-0.4, -0.2) is 38.1 Å². The Morgan fingerprint density at radius 3 is 2.79 bits per heavy atom. The molecule has 1 aromatic heterocycles. The summed E-state index contributed by atoms with van der Waals surface area (Å²) in [6, 6.07) is 1.93. The number of nitrogens with zero attached hydrogens (tertiary/aromatic N) is 2. The van der Waals surface area contributed by atoms with Crippen LogP contribution in [0, 0.1) is 5.92 Å². The van der Waals surface area contributed by atoms with Crippen molar-refractivity contribution in [2.45, 2.75) is 37.8 Å². The molecule has 106 valence electrons. The molecule has 0 radical (unpaired) electrons. The minimum atomic E-state index is -0.777. The van der Waals surface area contributed by atoms with Gasteiger partial charge in [0.15, 0.2) is 0 Å². The third-order valence-corrected chi connectivity index (χ3v) is 3.79. The highest BCUT2D eigenvalue weighted by Gasteiger charge is 2.35. The van der Waals surface area contributed by atoms with Crippen molar-refractivity contribution in [2.24, 2.45) is 13.0 Å². The van der Waals surface area contributed by atoms with Crippen LogP contribution in [0.5, 0.6) is 0 Å². The van der Waals surface area contributed by atoms with Crippen LogP contribution in [0.15, 0.2) is 12.3 Å². The summed E-state index contributed by atoms with van der Waals surface area (Å²) in [7, 11) is 1.87. The first-order valence-corrected chi connectivity index (χ1v) is 6.63. The maximum Gasteiger partial charge on any atom is 0.306 e. The molecule has 0 atom stereocenters. The Bertz CT molecular complexity index is 436. The first kappa shape index (κ1) is 14.0. The van der Waals surface area contributed by atoms with Crippen molar-refractivity contribution in [3.8, 4) is 0 Å². The van der Waals surface area contributed by atoms with Gasteiger partial charge in [0.25, 0.3) is 0 Å². The first-order valence-electron chi connectivity index (χ1n) is 6.63. The predicted octanol–water partition coefficient (Wildman–Crippen LogP) is 0.516. The summed E-state index contributed by atoms with van der Waals surface area (Å²) >= 11 is 0. The summed E-state index contributed by atoms with van der Waals surface area (Å²) < 4.78 is 1.74. The van der Waals surface area contributed by atoms with Gasteiger partial charge in [0.2, 0.25) is 0 Å². The molecule has 1 fully saturated rings. The lowest BCUT2D eigenvalue weighted by molar-refractivity contribution is -0.144. The standard InChI is InChI=1S/C13H21N3O3/c1-16-7-4-11(15-16)8-14-9-13(19)5-2-10(3-6-13)12(17)18/h4,7,10,14,19H,2-3,5-6,8-9H2,1H3,(H,17,18). The molecular weight excluding hydrogens is 246 g/mol. The van der Waals surface area contributed by atoms with E-state index in [9.17, 15) is 9.90 Å². The number of aryl methyl sites for hydroxylation is 1. The van der Waals surface area contributed by atoms with Gasteiger partial charge >= 0.3 is 5.97 Å². The highest BCUT2D eigenvalue weighted by atomic mass is 16.4. The van der Waals surface area contributed by atoms with Gasteiger partial charge in [-0.25, -0.2) is 0 Å². The Morgan fingerprint density at radius 2 is 2.26 bits per heavy atom. The smallest absolute Gasteiger partial charge is 0.306 e. The molecule has 1 aliphatic carbocycles. The van der Waals surface area contributed by atoms with E-state index in [0.717, 1.165) is 5.69 Å². The van der Waals surface area contributed by atoms with Gasteiger partial charge in [-0.2, -0.15) is 5.10 Å². The molecule has 0 bridgehead atoms. The van der Waals surface area contributed by atoms with Gasteiger partial charge in [-0.05, 0) is 31.7 Å². The Kier molecular flexibility index (Phi) is 4.21. The monoisotopic (exact) mass is 267 g/mol. The van der Waals surface area contributed by atoms with E-state index in [1.165, 1.54) is 0 Å². The Labute approximate surface area is 112 Å². The number of aliphatic carboxylic acids is 1. The largest absolute Gasteiger partial charge is 0.481 e. The van der Waals surface area contributed by atoms with Gasteiger partial charge in [0, 0.05) is 26.3 Å². The van der Waals surface area contributed by atoms with Crippen LogP contribution in [0.2, 0.25) is 0 Å². The number of hydrogen-bond donors (Lipinski definition) is 3. The molecule has 0 unspecified atom stereocenters. The summed E-state index contributed by atoms with van der Waals surface area (Å²) in [5.74, 6) is -1.04. The number of nitrogens with one attached hydrogen (secondary N) is 1. The van der Waals surface area contributed by atoms with Crippen LogP contribution in [0.25, 0.3) is 0 Å². The number of rotatable bonds is 5. The first-order chi connectivity index (χ1) is 8.98. The minimum Gasteiger partial charge on any atom is -0.481 e. The molecule has 3 N–H and O–H groups in total. The number of aliphatic hydroxyl groups is 1. The van der Waals surface area contributed by atoms with Crippen LogP contribution in [0.1, 0.15) is 31.4 Å². The molecule has 0 amide bonds. The molecule has 6 heteroatoms. The van der Waals surface area contributed by atoms with Crippen molar-refractivity contribution in [1.82, 2.24) is 15.1 Å². The maximum atomic E-state index is 10.9.